The first-order valence-electron chi connectivity index (χ1n) is 8.18. The molecule has 0 bridgehead atoms. The molecule has 2 N–H and O–H groups in total. The molecule has 0 radical (unpaired) electrons. The first-order chi connectivity index (χ1) is 13.4. The number of hydrogen-bond donors (Lipinski definition) is 2. The molecule has 1 aromatic heterocycles. The normalized spacial score (nSPS) is 13.7. The minimum Gasteiger partial charge on any atom is -0.495 e. The Labute approximate surface area is 167 Å². The van der Waals surface area contributed by atoms with E-state index in [2.05, 4.69) is 10.3 Å². The molecule has 0 spiro atoms. The molecule has 11 heteroatoms. The molecule has 158 valence electrons. The molecule has 0 saturated carbocycles. The van der Waals surface area contributed by atoms with Gasteiger partial charge in [0.15, 0.2) is 11.6 Å². The molecule has 1 aromatic carbocycles. The van der Waals surface area contributed by atoms with Crippen molar-refractivity contribution in [1.82, 2.24) is 4.98 Å². The highest BCUT2D eigenvalue weighted by Gasteiger charge is 2.39. The van der Waals surface area contributed by atoms with E-state index in [0.29, 0.717) is 11.8 Å². The van der Waals surface area contributed by atoms with Gasteiger partial charge in [-0.1, -0.05) is 18.5 Å². The summed E-state index contributed by atoms with van der Waals surface area (Å²) in [7, 11) is 1.37. The second-order valence-electron chi connectivity index (χ2n) is 6.22. The first-order valence-corrected chi connectivity index (χ1v) is 8.56. The molecule has 0 saturated heterocycles. The van der Waals surface area contributed by atoms with E-state index in [1.165, 1.54) is 26.3 Å². The second kappa shape index (κ2) is 8.91. The number of alkyl halides is 3. The lowest BCUT2D eigenvalue weighted by Crippen LogP contribution is -2.30. The van der Waals surface area contributed by atoms with Gasteiger partial charge in [0, 0.05) is 17.8 Å². The Balaban J connectivity index is 2.27. The lowest BCUT2D eigenvalue weighted by molar-refractivity contribution is -0.206. The van der Waals surface area contributed by atoms with Crippen LogP contribution in [0.2, 0.25) is 5.02 Å². The SMILES string of the molecule is COc1cnc(C(=O)Nc2cc(F)c(F)c([C@H](C)C[C@@H](O)C(F)(F)F)c2)c(Cl)c1. The second-order valence-corrected chi connectivity index (χ2v) is 6.62. The van der Waals surface area contributed by atoms with Crippen LogP contribution in [0.25, 0.3) is 0 Å². The third-order valence-electron chi connectivity index (χ3n) is 4.07. The van der Waals surface area contributed by atoms with Crippen LogP contribution < -0.4 is 10.1 Å². The fourth-order valence-corrected chi connectivity index (χ4v) is 2.77. The predicted octanol–water partition coefficient (Wildman–Crippen LogP) is 4.69. The summed E-state index contributed by atoms with van der Waals surface area (Å²) < 4.78 is 70.5. The van der Waals surface area contributed by atoms with Crippen molar-refractivity contribution < 1.29 is 36.6 Å². The van der Waals surface area contributed by atoms with Gasteiger partial charge >= 0.3 is 6.18 Å². The Morgan fingerprint density at radius 1 is 1.31 bits per heavy atom. The molecule has 0 unspecified atom stereocenters. The Bertz CT molecular complexity index is 908. The minimum atomic E-state index is -4.90. The van der Waals surface area contributed by atoms with Crippen LogP contribution in [0.3, 0.4) is 0 Å². The number of nitrogens with one attached hydrogen (secondary N) is 1. The van der Waals surface area contributed by atoms with E-state index in [4.69, 9.17) is 16.3 Å². The third-order valence-corrected chi connectivity index (χ3v) is 4.35. The largest absolute Gasteiger partial charge is 0.495 e. The number of ether oxygens (including phenoxy) is 1. The Hall–Kier alpha value is -2.46. The summed E-state index contributed by atoms with van der Waals surface area (Å²) in [5, 5.41) is 11.4. The average Bonchev–Trinajstić information content (AvgIpc) is 2.63. The van der Waals surface area contributed by atoms with Gasteiger partial charge < -0.3 is 15.2 Å². The first kappa shape index (κ1) is 22.8. The highest BCUT2D eigenvalue weighted by Crippen LogP contribution is 2.33. The van der Waals surface area contributed by atoms with Crippen LogP contribution in [0.1, 0.15) is 35.3 Å². The number of hydrogen-bond acceptors (Lipinski definition) is 4. The molecule has 0 aliphatic carbocycles. The Morgan fingerprint density at radius 3 is 2.52 bits per heavy atom. The lowest BCUT2D eigenvalue weighted by Gasteiger charge is -2.20. The van der Waals surface area contributed by atoms with Gasteiger partial charge in [0.1, 0.15) is 17.5 Å². The van der Waals surface area contributed by atoms with E-state index in [0.717, 1.165) is 6.07 Å². The maximum absolute atomic E-state index is 14.1. The van der Waals surface area contributed by atoms with E-state index >= 15 is 0 Å². The van der Waals surface area contributed by atoms with Crippen molar-refractivity contribution in [3.8, 4) is 5.75 Å². The molecule has 0 aliphatic heterocycles. The maximum atomic E-state index is 14.1. The van der Waals surface area contributed by atoms with Gasteiger partial charge in [-0.25, -0.2) is 13.8 Å². The summed E-state index contributed by atoms with van der Waals surface area (Å²) in [4.78, 5) is 16.1. The fraction of sp³-hybridized carbons (Fsp3) is 0.333. The molecule has 0 fully saturated rings. The van der Waals surface area contributed by atoms with Gasteiger partial charge in [-0.15, -0.1) is 0 Å². The molecule has 2 aromatic rings. The molecule has 0 aliphatic rings. The molecular weight excluding hydrogens is 423 g/mol. The quantitative estimate of drug-likeness (QED) is 0.642. The molecule has 5 nitrogen and oxygen atoms in total. The van der Waals surface area contributed by atoms with Crippen LogP contribution >= 0.6 is 11.6 Å². The molecule has 2 atom stereocenters. The van der Waals surface area contributed by atoms with Crippen LogP contribution in [-0.2, 0) is 0 Å². The number of nitrogens with zero attached hydrogens (tertiary/aromatic N) is 1. The highest BCUT2D eigenvalue weighted by molar-refractivity contribution is 6.34. The van der Waals surface area contributed by atoms with E-state index < -0.39 is 47.7 Å². The van der Waals surface area contributed by atoms with Crippen LogP contribution in [0.4, 0.5) is 27.6 Å². The van der Waals surface area contributed by atoms with E-state index in [1.54, 1.807) is 0 Å². The number of amides is 1. The van der Waals surface area contributed by atoms with Gasteiger partial charge in [0.05, 0.1) is 18.3 Å². The number of carbonyl (C=O) groups excluding carboxylic acids is 1. The number of benzene rings is 1. The molecule has 1 amide bonds. The summed E-state index contributed by atoms with van der Waals surface area (Å²) >= 11 is 5.94. The van der Waals surface area contributed by atoms with Gasteiger partial charge in [-0.3, -0.25) is 4.79 Å². The number of anilines is 1. The number of carbonyl (C=O) groups is 1. The summed E-state index contributed by atoms with van der Waals surface area (Å²) in [5.74, 6) is -4.50. The number of halogens is 6. The van der Waals surface area contributed by atoms with Crippen LogP contribution in [0.5, 0.6) is 5.75 Å². The van der Waals surface area contributed by atoms with Crippen LogP contribution in [0, 0.1) is 11.6 Å². The maximum Gasteiger partial charge on any atom is 0.414 e. The number of pyridine rings is 1. The third kappa shape index (κ3) is 5.54. The number of methoxy groups -OCH3 is 1. The number of aliphatic hydroxyl groups is 1. The van der Waals surface area contributed by atoms with E-state index in [9.17, 15) is 31.9 Å². The van der Waals surface area contributed by atoms with E-state index in [1.807, 2.05) is 0 Å². The van der Waals surface area contributed by atoms with Crippen molar-refractivity contribution in [1.29, 1.82) is 0 Å². The minimum absolute atomic E-state index is 0.0636. The van der Waals surface area contributed by atoms with Crippen molar-refractivity contribution >= 4 is 23.2 Å². The van der Waals surface area contributed by atoms with Crippen molar-refractivity contribution in [2.75, 3.05) is 12.4 Å². The molecule has 2 rings (SSSR count). The van der Waals surface area contributed by atoms with Crippen molar-refractivity contribution in [3.05, 3.63) is 52.3 Å². The smallest absolute Gasteiger partial charge is 0.414 e. The predicted molar refractivity (Wildman–Crippen MR) is 95.2 cm³/mol. The van der Waals surface area contributed by atoms with Crippen LogP contribution in [-0.4, -0.2) is 35.4 Å². The van der Waals surface area contributed by atoms with Gasteiger partial charge in [0.25, 0.3) is 5.91 Å². The zero-order valence-corrected chi connectivity index (χ0v) is 15.9. The van der Waals surface area contributed by atoms with Gasteiger partial charge in [-0.05, 0) is 24.0 Å². The standard InChI is InChI=1S/C18H16ClF5N2O3/c1-8(3-14(27)18(22,23)24)11-4-9(5-13(20)15(11)21)26-17(28)16-12(19)6-10(29-2)7-25-16/h4-8,14,27H,3H2,1-2H3,(H,26,28)/t8-,14-/m1/s1. The summed E-state index contributed by atoms with van der Waals surface area (Å²) in [6, 6.07) is 2.98. The molecular formula is C18H16ClF5N2O3. The van der Waals surface area contributed by atoms with Gasteiger partial charge in [0.2, 0.25) is 0 Å². The Kier molecular flexibility index (Phi) is 7.02. The van der Waals surface area contributed by atoms with Crippen molar-refractivity contribution in [2.45, 2.75) is 31.5 Å². The summed E-state index contributed by atoms with van der Waals surface area (Å²) in [6.07, 6.45) is -7.27. The summed E-state index contributed by atoms with van der Waals surface area (Å²) in [6.45, 7) is 1.19. The Morgan fingerprint density at radius 2 is 1.97 bits per heavy atom. The number of aromatic nitrogens is 1. The highest BCUT2D eigenvalue weighted by atomic mass is 35.5. The van der Waals surface area contributed by atoms with E-state index in [-0.39, 0.29) is 16.4 Å². The van der Waals surface area contributed by atoms with Crippen LogP contribution in [0.15, 0.2) is 24.4 Å². The lowest BCUT2D eigenvalue weighted by atomic mass is 9.93. The fourth-order valence-electron chi connectivity index (χ4n) is 2.53. The van der Waals surface area contributed by atoms with Gasteiger partial charge in [-0.2, -0.15) is 13.2 Å². The average molecular weight is 439 g/mol. The summed E-state index contributed by atoms with van der Waals surface area (Å²) in [5.41, 5.74) is -0.873. The topological polar surface area (TPSA) is 71.5 Å². The number of aliphatic hydroxyl groups excluding tert-OH is 1. The number of rotatable bonds is 6. The molecule has 29 heavy (non-hydrogen) atoms. The zero-order valence-electron chi connectivity index (χ0n) is 15.1. The van der Waals surface area contributed by atoms with Crippen molar-refractivity contribution in [3.63, 3.8) is 0 Å². The monoisotopic (exact) mass is 438 g/mol. The zero-order chi connectivity index (χ0) is 21.9. The van der Waals surface area contributed by atoms with Crippen molar-refractivity contribution in [2.24, 2.45) is 0 Å². The molecule has 1 heterocycles.